The van der Waals surface area contributed by atoms with Gasteiger partial charge >= 0.3 is 29.6 Å². The zero-order valence-electron chi connectivity index (χ0n) is 18.3. The Morgan fingerprint density at radius 2 is 1.62 bits per heavy atom. The number of rotatable bonds is 11. The van der Waals surface area contributed by atoms with Gasteiger partial charge in [-0.1, -0.05) is 54.5 Å². The maximum atomic E-state index is 10.8. The van der Waals surface area contributed by atoms with Crippen molar-refractivity contribution in [3.63, 3.8) is 0 Å². The van der Waals surface area contributed by atoms with Crippen LogP contribution in [0.5, 0.6) is 17.2 Å². The molecule has 3 rings (SSSR count). The zero-order chi connectivity index (χ0) is 21.9. The molecule has 0 fully saturated rings. The molecule has 0 bridgehead atoms. The molecular weight excluding hydrogens is 417 g/mol. The Morgan fingerprint density at radius 3 is 2.38 bits per heavy atom. The SMILES string of the molecule is CCCO/N=C(\COc1cccc(CC(=O)[O-])c1)c1cccc(Oc2ccccc2)c1.[Na+]. The predicted octanol–water partition coefficient (Wildman–Crippen LogP) is 0.985. The third kappa shape index (κ3) is 8.38. The molecule has 0 aliphatic heterocycles. The number of hydrogen-bond donors (Lipinski definition) is 0. The number of benzene rings is 3. The van der Waals surface area contributed by atoms with Gasteiger partial charge in [-0.25, -0.2) is 0 Å². The second-order valence-corrected chi connectivity index (χ2v) is 6.80. The Morgan fingerprint density at radius 1 is 0.906 bits per heavy atom. The summed E-state index contributed by atoms with van der Waals surface area (Å²) in [5.74, 6) is 0.811. The largest absolute Gasteiger partial charge is 1.00 e. The van der Waals surface area contributed by atoms with Crippen molar-refractivity contribution in [3.05, 3.63) is 90.0 Å². The Balaban J connectivity index is 0.00000363. The number of carbonyl (C=O) groups is 1. The van der Waals surface area contributed by atoms with Crippen LogP contribution in [0.2, 0.25) is 0 Å². The molecule has 0 spiro atoms. The number of aliphatic carboxylic acids is 1. The Kier molecular flexibility index (Phi) is 10.8. The van der Waals surface area contributed by atoms with E-state index >= 15 is 0 Å². The van der Waals surface area contributed by atoms with Crippen LogP contribution in [0.15, 0.2) is 84.0 Å². The summed E-state index contributed by atoms with van der Waals surface area (Å²) in [7, 11) is 0. The summed E-state index contributed by atoms with van der Waals surface area (Å²) in [6.07, 6.45) is 0.663. The van der Waals surface area contributed by atoms with Crippen molar-refractivity contribution >= 4 is 11.7 Å². The van der Waals surface area contributed by atoms with E-state index in [-0.39, 0.29) is 42.6 Å². The molecule has 0 N–H and O–H groups in total. The van der Waals surface area contributed by atoms with Gasteiger partial charge in [0.15, 0.2) is 0 Å². The number of para-hydroxylation sites is 1. The molecular formula is C25H24NNaO5. The molecule has 0 aromatic heterocycles. The van der Waals surface area contributed by atoms with Crippen LogP contribution in [0.3, 0.4) is 0 Å². The molecule has 0 saturated heterocycles. The fraction of sp³-hybridized carbons (Fsp3) is 0.200. The standard InChI is InChI=1S/C25H25NO5.Na/c1-2-14-30-26-24(18-29-22-12-6-8-19(15-22)16-25(27)28)20-9-7-13-23(17-20)31-21-10-4-3-5-11-21;/h3-13,15,17H,2,14,16,18H2,1H3,(H,27,28);/q;+1/p-1/b26-24+;. The second kappa shape index (κ2) is 13.6. The molecule has 32 heavy (non-hydrogen) atoms. The van der Waals surface area contributed by atoms with Gasteiger partial charge in [-0.05, 0) is 48.4 Å². The average molecular weight is 441 g/mol. The summed E-state index contributed by atoms with van der Waals surface area (Å²) in [6.45, 7) is 2.64. The van der Waals surface area contributed by atoms with E-state index in [0.717, 1.165) is 17.7 Å². The molecule has 0 aliphatic rings. The van der Waals surface area contributed by atoms with Gasteiger partial charge in [0.25, 0.3) is 0 Å². The van der Waals surface area contributed by atoms with E-state index in [1.165, 1.54) is 0 Å². The van der Waals surface area contributed by atoms with Crippen LogP contribution in [0.1, 0.15) is 24.5 Å². The molecule has 0 amide bonds. The maximum absolute atomic E-state index is 10.8. The van der Waals surface area contributed by atoms with Crippen LogP contribution in [0.25, 0.3) is 0 Å². The Labute approximate surface area is 210 Å². The number of ether oxygens (including phenoxy) is 2. The van der Waals surface area contributed by atoms with E-state index in [9.17, 15) is 9.90 Å². The molecule has 0 radical (unpaired) electrons. The summed E-state index contributed by atoms with van der Waals surface area (Å²) in [6, 6.07) is 23.9. The monoisotopic (exact) mass is 441 g/mol. The minimum absolute atomic E-state index is 0. The van der Waals surface area contributed by atoms with Crippen molar-refractivity contribution in [2.45, 2.75) is 19.8 Å². The molecule has 0 atom stereocenters. The fourth-order valence-electron chi connectivity index (χ4n) is 2.80. The van der Waals surface area contributed by atoms with E-state index in [1.807, 2.05) is 61.5 Å². The Bertz CT molecular complexity index is 1020. The zero-order valence-corrected chi connectivity index (χ0v) is 20.3. The van der Waals surface area contributed by atoms with E-state index < -0.39 is 5.97 Å². The third-order valence-corrected chi connectivity index (χ3v) is 4.24. The molecule has 160 valence electrons. The van der Waals surface area contributed by atoms with Crippen molar-refractivity contribution in [2.24, 2.45) is 5.16 Å². The summed E-state index contributed by atoms with van der Waals surface area (Å²) < 4.78 is 11.8. The topological polar surface area (TPSA) is 80.2 Å². The van der Waals surface area contributed by atoms with E-state index in [0.29, 0.717) is 29.4 Å². The average Bonchev–Trinajstić information content (AvgIpc) is 2.77. The van der Waals surface area contributed by atoms with Gasteiger partial charge in [0.2, 0.25) is 0 Å². The van der Waals surface area contributed by atoms with Crippen LogP contribution in [-0.2, 0) is 16.1 Å². The smallest absolute Gasteiger partial charge is 0.550 e. The normalized spacial score (nSPS) is 10.7. The van der Waals surface area contributed by atoms with Gasteiger partial charge < -0.3 is 24.2 Å². The minimum Gasteiger partial charge on any atom is -0.550 e. The van der Waals surface area contributed by atoms with Gasteiger partial charge in [0, 0.05) is 18.0 Å². The number of carboxylic acid groups (broad SMARTS) is 1. The van der Waals surface area contributed by atoms with E-state index in [4.69, 9.17) is 14.3 Å². The minimum atomic E-state index is -1.14. The molecule has 0 aliphatic carbocycles. The molecule has 3 aromatic rings. The number of oxime groups is 1. The predicted molar refractivity (Wildman–Crippen MR) is 116 cm³/mol. The number of hydrogen-bond acceptors (Lipinski definition) is 6. The first-order valence-corrected chi connectivity index (χ1v) is 10.1. The summed E-state index contributed by atoms with van der Waals surface area (Å²) in [5, 5.41) is 15.1. The summed E-state index contributed by atoms with van der Waals surface area (Å²) in [4.78, 5) is 16.2. The number of nitrogens with zero attached hydrogens (tertiary/aromatic N) is 1. The van der Waals surface area contributed by atoms with Gasteiger partial charge in [-0.15, -0.1) is 0 Å². The van der Waals surface area contributed by atoms with Crippen LogP contribution in [0.4, 0.5) is 0 Å². The van der Waals surface area contributed by atoms with Gasteiger partial charge in [-0.2, -0.15) is 0 Å². The molecule has 3 aromatic carbocycles. The van der Waals surface area contributed by atoms with E-state index in [2.05, 4.69) is 5.16 Å². The van der Waals surface area contributed by atoms with Gasteiger partial charge in [-0.3, -0.25) is 0 Å². The molecule has 0 heterocycles. The van der Waals surface area contributed by atoms with Gasteiger partial charge in [0.1, 0.15) is 36.2 Å². The molecule has 0 saturated carbocycles. The maximum Gasteiger partial charge on any atom is 1.00 e. The van der Waals surface area contributed by atoms with Crippen LogP contribution >= 0.6 is 0 Å². The number of carbonyl (C=O) groups excluding carboxylic acids is 1. The van der Waals surface area contributed by atoms with Crippen molar-refractivity contribution in [3.8, 4) is 17.2 Å². The fourth-order valence-corrected chi connectivity index (χ4v) is 2.80. The van der Waals surface area contributed by atoms with Crippen molar-refractivity contribution in [1.29, 1.82) is 0 Å². The first-order chi connectivity index (χ1) is 15.1. The molecule has 0 unspecified atom stereocenters. The first kappa shape index (κ1) is 25.5. The summed E-state index contributed by atoms with van der Waals surface area (Å²) >= 11 is 0. The molecule has 7 heteroatoms. The quantitative estimate of drug-likeness (QED) is 0.192. The van der Waals surface area contributed by atoms with Crippen LogP contribution in [0, 0.1) is 0 Å². The van der Waals surface area contributed by atoms with Gasteiger partial charge in [0.05, 0.1) is 0 Å². The molecule has 6 nitrogen and oxygen atoms in total. The second-order valence-electron chi connectivity index (χ2n) is 6.80. The van der Waals surface area contributed by atoms with E-state index in [1.54, 1.807) is 24.3 Å². The Hall–Kier alpha value is -2.80. The van der Waals surface area contributed by atoms with Crippen molar-refractivity contribution in [2.75, 3.05) is 13.2 Å². The van der Waals surface area contributed by atoms with Crippen LogP contribution < -0.4 is 44.1 Å². The first-order valence-electron chi connectivity index (χ1n) is 10.1. The summed E-state index contributed by atoms with van der Waals surface area (Å²) in [5.41, 5.74) is 2.00. The van der Waals surface area contributed by atoms with Crippen molar-refractivity contribution < 1.29 is 53.8 Å². The van der Waals surface area contributed by atoms with Crippen molar-refractivity contribution in [1.82, 2.24) is 0 Å². The third-order valence-electron chi connectivity index (χ3n) is 4.24. The van der Waals surface area contributed by atoms with Crippen LogP contribution in [-0.4, -0.2) is 24.9 Å². The number of carboxylic acids is 1.